The van der Waals surface area contributed by atoms with E-state index in [0.29, 0.717) is 11.8 Å². The van der Waals surface area contributed by atoms with Crippen molar-refractivity contribution in [3.8, 4) is 0 Å². The molecule has 2 aliphatic heterocycles. The minimum Gasteiger partial charge on any atom is -1.00 e. The van der Waals surface area contributed by atoms with Crippen LogP contribution in [0.1, 0.15) is 114 Å². The molecular formula is C49H59ClN2. The van der Waals surface area contributed by atoms with Crippen LogP contribution >= 0.6 is 0 Å². The Bertz CT molecular complexity index is 1940. The largest absolute Gasteiger partial charge is 1.00 e. The number of fused-ring (bicyclic) bond motifs is 2. The van der Waals surface area contributed by atoms with Crippen LogP contribution in [0.4, 0.5) is 11.4 Å². The molecule has 0 radical (unpaired) electrons. The molecule has 52 heavy (non-hydrogen) atoms. The van der Waals surface area contributed by atoms with Gasteiger partial charge < -0.3 is 17.3 Å². The van der Waals surface area contributed by atoms with Crippen LogP contribution in [0.5, 0.6) is 0 Å². The van der Waals surface area contributed by atoms with Crippen LogP contribution in [0.25, 0.3) is 24.3 Å². The topological polar surface area (TPSA) is 6.25 Å². The first kappa shape index (κ1) is 39.1. The Hall–Kier alpha value is -4.14. The number of halogens is 1. The number of hydrogen-bond acceptors (Lipinski definition) is 1. The minimum atomic E-state index is -0.125. The van der Waals surface area contributed by atoms with E-state index in [1.807, 2.05) is 0 Å². The van der Waals surface area contributed by atoms with Gasteiger partial charge in [0.05, 0.1) is 5.41 Å². The molecule has 0 spiro atoms. The second-order valence-electron chi connectivity index (χ2n) is 16.6. The van der Waals surface area contributed by atoms with Gasteiger partial charge in [0.1, 0.15) is 6.54 Å². The third-order valence-electron chi connectivity index (χ3n) is 11.0. The predicted molar refractivity (Wildman–Crippen MR) is 223 cm³/mol. The van der Waals surface area contributed by atoms with Gasteiger partial charge in [-0.25, -0.2) is 0 Å². The Morgan fingerprint density at radius 1 is 0.596 bits per heavy atom. The molecule has 0 bridgehead atoms. The lowest BCUT2D eigenvalue weighted by Gasteiger charge is -2.28. The molecule has 2 aliphatic rings. The van der Waals surface area contributed by atoms with E-state index in [2.05, 4.69) is 192 Å². The van der Waals surface area contributed by atoms with Crippen molar-refractivity contribution in [2.45, 2.75) is 91.9 Å². The van der Waals surface area contributed by atoms with Crippen LogP contribution in [-0.4, -0.2) is 23.4 Å². The standard InChI is InChI=1S/C49H59N2.ClH/c1-36(2)17-15-31-50-44-33-40(25-23-38-19-11-9-12-20-38)27-29-42(44)48(5,6)46(50)35-47-49(7,8)43-30-28-41(26-24-39-21-13-10-14-22-39)34-45(43)51(47)32-16-18-37(3)4;/h9-14,19-30,33-37H,15-18,31-32H2,1-8H3;1H/q+1;/p-1/b25-23+,26-24+;. The van der Waals surface area contributed by atoms with Crippen LogP contribution in [0.2, 0.25) is 0 Å². The average Bonchev–Trinajstić information content (AvgIpc) is 3.45. The fourth-order valence-corrected chi connectivity index (χ4v) is 7.98. The second-order valence-corrected chi connectivity index (χ2v) is 16.6. The van der Waals surface area contributed by atoms with E-state index in [-0.39, 0.29) is 23.2 Å². The Morgan fingerprint density at radius 3 is 1.69 bits per heavy atom. The van der Waals surface area contributed by atoms with Gasteiger partial charge in [0.2, 0.25) is 5.69 Å². The van der Waals surface area contributed by atoms with E-state index in [1.165, 1.54) is 81.8 Å². The number of anilines is 1. The molecule has 0 fully saturated rings. The molecule has 4 aromatic rings. The first-order valence-electron chi connectivity index (χ1n) is 19.3. The summed E-state index contributed by atoms with van der Waals surface area (Å²) in [7, 11) is 0. The lowest BCUT2D eigenvalue weighted by atomic mass is 9.78. The summed E-state index contributed by atoms with van der Waals surface area (Å²) < 4.78 is 2.67. The lowest BCUT2D eigenvalue weighted by Crippen LogP contribution is -3.00. The van der Waals surface area contributed by atoms with Crippen molar-refractivity contribution in [2.75, 3.05) is 18.0 Å². The van der Waals surface area contributed by atoms with Crippen LogP contribution in [-0.2, 0) is 10.8 Å². The van der Waals surface area contributed by atoms with Gasteiger partial charge in [-0.1, -0.05) is 151 Å². The van der Waals surface area contributed by atoms with Gasteiger partial charge in [-0.05, 0) is 78.8 Å². The molecule has 0 aliphatic carbocycles. The maximum Gasteiger partial charge on any atom is 0.210 e. The highest BCUT2D eigenvalue weighted by Crippen LogP contribution is 2.50. The number of hydrogen-bond donors (Lipinski definition) is 0. The molecule has 0 aromatic heterocycles. The SMILES string of the molecule is CC(C)CCCN1/C(=C\C2=[N+](CCCC(C)C)c3cc(/C=C/c4ccccc4)ccc3C2(C)C)C(C)(C)c2ccc(/C=C/c3ccccc3)cc21.[Cl-]. The number of benzene rings is 4. The Balaban J connectivity index is 0.00000523. The first-order chi connectivity index (χ1) is 24.4. The molecule has 0 saturated carbocycles. The van der Waals surface area contributed by atoms with E-state index in [4.69, 9.17) is 0 Å². The fourth-order valence-electron chi connectivity index (χ4n) is 7.98. The van der Waals surface area contributed by atoms with E-state index in [1.54, 1.807) is 0 Å². The highest BCUT2D eigenvalue weighted by Gasteiger charge is 2.47. The zero-order valence-electron chi connectivity index (χ0n) is 32.8. The van der Waals surface area contributed by atoms with Crippen molar-refractivity contribution in [2.24, 2.45) is 11.8 Å². The number of nitrogens with zero attached hydrogens (tertiary/aromatic N) is 2. The molecule has 0 atom stereocenters. The molecule has 3 heteroatoms. The van der Waals surface area contributed by atoms with E-state index >= 15 is 0 Å². The van der Waals surface area contributed by atoms with Crippen LogP contribution in [0.15, 0.2) is 109 Å². The lowest BCUT2D eigenvalue weighted by molar-refractivity contribution is -0.438. The van der Waals surface area contributed by atoms with Crippen LogP contribution < -0.4 is 17.3 Å². The summed E-state index contributed by atoms with van der Waals surface area (Å²) in [5, 5.41) is 0. The summed E-state index contributed by atoms with van der Waals surface area (Å²) in [4.78, 5) is 2.67. The normalized spacial score (nSPS) is 16.8. The molecular weight excluding hydrogens is 652 g/mol. The molecule has 0 amide bonds. The van der Waals surface area contributed by atoms with Crippen molar-refractivity contribution < 1.29 is 17.0 Å². The van der Waals surface area contributed by atoms with Crippen LogP contribution in [0, 0.1) is 11.8 Å². The molecule has 0 saturated heterocycles. The molecule has 2 nitrogen and oxygen atoms in total. The van der Waals surface area contributed by atoms with Gasteiger partial charge in [0, 0.05) is 47.5 Å². The van der Waals surface area contributed by atoms with Crippen molar-refractivity contribution in [3.63, 3.8) is 0 Å². The molecule has 0 N–H and O–H groups in total. The Morgan fingerprint density at radius 2 is 1.12 bits per heavy atom. The van der Waals surface area contributed by atoms with E-state index < -0.39 is 0 Å². The zero-order valence-corrected chi connectivity index (χ0v) is 33.6. The van der Waals surface area contributed by atoms with Crippen LogP contribution in [0.3, 0.4) is 0 Å². The molecule has 4 aromatic carbocycles. The van der Waals surface area contributed by atoms with E-state index in [0.717, 1.165) is 13.1 Å². The van der Waals surface area contributed by atoms with Crippen molar-refractivity contribution in [3.05, 3.63) is 142 Å². The molecule has 0 unspecified atom stereocenters. The summed E-state index contributed by atoms with van der Waals surface area (Å²) in [6, 6.07) is 35.5. The van der Waals surface area contributed by atoms with Gasteiger partial charge in [0.15, 0.2) is 5.71 Å². The molecule has 6 rings (SSSR count). The fraction of sp³-hybridized carbons (Fsp3) is 0.367. The molecule has 272 valence electrons. The third kappa shape index (κ3) is 8.56. The van der Waals surface area contributed by atoms with Crippen molar-refractivity contribution in [1.82, 2.24) is 0 Å². The average molecular weight is 711 g/mol. The second kappa shape index (κ2) is 16.7. The maximum atomic E-state index is 2.67. The third-order valence-corrected chi connectivity index (χ3v) is 11.0. The van der Waals surface area contributed by atoms with Gasteiger partial charge in [0.25, 0.3) is 0 Å². The Labute approximate surface area is 321 Å². The number of rotatable bonds is 13. The van der Waals surface area contributed by atoms with E-state index in [9.17, 15) is 0 Å². The van der Waals surface area contributed by atoms with Crippen molar-refractivity contribution in [1.29, 1.82) is 0 Å². The zero-order chi connectivity index (χ0) is 36.2. The van der Waals surface area contributed by atoms with Gasteiger partial charge in [-0.15, -0.1) is 0 Å². The molecule has 2 heterocycles. The smallest absolute Gasteiger partial charge is 0.210 e. The van der Waals surface area contributed by atoms with Crippen molar-refractivity contribution >= 4 is 41.4 Å². The monoisotopic (exact) mass is 710 g/mol. The summed E-state index contributed by atoms with van der Waals surface area (Å²) >= 11 is 0. The summed E-state index contributed by atoms with van der Waals surface area (Å²) in [5.74, 6) is 1.37. The first-order valence-corrected chi connectivity index (χ1v) is 19.3. The van der Waals surface area contributed by atoms with Gasteiger partial charge in [-0.2, -0.15) is 4.58 Å². The highest BCUT2D eigenvalue weighted by molar-refractivity contribution is 6.04. The predicted octanol–water partition coefficient (Wildman–Crippen LogP) is 9.96. The Kier molecular flexibility index (Phi) is 12.5. The summed E-state index contributed by atoms with van der Waals surface area (Å²) in [6.45, 7) is 21.2. The minimum absolute atomic E-state index is 0. The number of allylic oxidation sites excluding steroid dienone is 2. The summed E-state index contributed by atoms with van der Waals surface area (Å²) in [5.41, 5.74) is 13.1. The van der Waals surface area contributed by atoms with Gasteiger partial charge >= 0.3 is 0 Å². The maximum absolute atomic E-state index is 2.67. The van der Waals surface area contributed by atoms with Gasteiger partial charge in [-0.3, -0.25) is 0 Å². The quantitative estimate of drug-likeness (QED) is 0.0989. The highest BCUT2D eigenvalue weighted by atomic mass is 35.5. The summed E-state index contributed by atoms with van der Waals surface area (Å²) in [6.07, 6.45) is 16.4.